The molecule has 0 unspecified atom stereocenters. The quantitative estimate of drug-likeness (QED) is 0.701. The summed E-state index contributed by atoms with van der Waals surface area (Å²) in [6, 6.07) is 10.7. The summed E-state index contributed by atoms with van der Waals surface area (Å²) in [5.74, 6) is 0.276. The first-order valence-electron chi connectivity index (χ1n) is 8.68. The Labute approximate surface area is 160 Å². The van der Waals surface area contributed by atoms with Crippen molar-refractivity contribution in [1.82, 2.24) is 9.97 Å². The van der Waals surface area contributed by atoms with Gasteiger partial charge in [0.15, 0.2) is 5.13 Å². The topological polar surface area (TPSA) is 84.0 Å². The molecular weight excluding hydrogens is 360 g/mol. The molecule has 2 heterocycles. The predicted octanol–water partition coefficient (Wildman–Crippen LogP) is 4.05. The van der Waals surface area contributed by atoms with E-state index in [0.717, 1.165) is 17.7 Å². The largest absolute Gasteiger partial charge is 0.326 e. The van der Waals surface area contributed by atoms with Gasteiger partial charge in [0.25, 0.3) is 5.91 Å². The number of carbonyl (C=O) groups excluding carboxylic acids is 2. The first kappa shape index (κ1) is 17.4. The number of thiazole rings is 1. The molecule has 1 aromatic carbocycles. The third-order valence-corrected chi connectivity index (χ3v) is 5.28. The second-order valence-corrected chi connectivity index (χ2v) is 7.48. The molecule has 3 aromatic rings. The first-order chi connectivity index (χ1) is 13.1. The van der Waals surface area contributed by atoms with E-state index in [0.29, 0.717) is 22.3 Å². The molecule has 0 saturated heterocycles. The zero-order valence-corrected chi connectivity index (χ0v) is 15.5. The van der Waals surface area contributed by atoms with Crippen LogP contribution in [0.3, 0.4) is 0 Å². The van der Waals surface area contributed by atoms with Crippen LogP contribution in [-0.2, 0) is 4.79 Å². The van der Waals surface area contributed by atoms with Crippen molar-refractivity contribution in [3.63, 3.8) is 0 Å². The Morgan fingerprint density at radius 2 is 2.04 bits per heavy atom. The van der Waals surface area contributed by atoms with E-state index >= 15 is 0 Å². The van der Waals surface area contributed by atoms with Gasteiger partial charge in [0.05, 0.1) is 5.69 Å². The van der Waals surface area contributed by atoms with E-state index in [1.807, 2.05) is 17.5 Å². The average molecular weight is 378 g/mol. The number of nitrogens with zero attached hydrogens (tertiary/aromatic N) is 2. The lowest BCUT2D eigenvalue weighted by atomic mass is 10.2. The van der Waals surface area contributed by atoms with Gasteiger partial charge in [-0.25, -0.2) is 4.98 Å². The summed E-state index contributed by atoms with van der Waals surface area (Å²) in [6.07, 6.45) is 4.36. The van der Waals surface area contributed by atoms with Crippen molar-refractivity contribution in [2.45, 2.75) is 13.3 Å². The van der Waals surface area contributed by atoms with E-state index in [4.69, 9.17) is 0 Å². The molecule has 2 amide bonds. The van der Waals surface area contributed by atoms with Crippen molar-refractivity contribution < 1.29 is 9.59 Å². The number of pyridine rings is 1. The lowest BCUT2D eigenvalue weighted by Crippen LogP contribution is -2.16. The van der Waals surface area contributed by atoms with Crippen LogP contribution < -0.4 is 10.6 Å². The van der Waals surface area contributed by atoms with Gasteiger partial charge in [-0.3, -0.25) is 19.9 Å². The lowest BCUT2D eigenvalue weighted by Gasteiger charge is -2.07. The van der Waals surface area contributed by atoms with Crippen LogP contribution in [0.25, 0.3) is 11.3 Å². The van der Waals surface area contributed by atoms with E-state index in [9.17, 15) is 9.59 Å². The van der Waals surface area contributed by atoms with Gasteiger partial charge in [0, 0.05) is 40.5 Å². The van der Waals surface area contributed by atoms with Crippen LogP contribution in [0.4, 0.5) is 10.8 Å². The second kappa shape index (κ2) is 7.28. The van der Waals surface area contributed by atoms with Gasteiger partial charge in [-0.2, -0.15) is 0 Å². The molecule has 1 fully saturated rings. The van der Waals surface area contributed by atoms with Gasteiger partial charge in [-0.05, 0) is 42.7 Å². The number of nitrogens with one attached hydrogen (secondary N) is 2. The van der Waals surface area contributed by atoms with E-state index in [1.54, 1.807) is 36.7 Å². The van der Waals surface area contributed by atoms with Crippen LogP contribution in [0.5, 0.6) is 0 Å². The Kier molecular flexibility index (Phi) is 4.68. The molecule has 2 N–H and O–H groups in total. The van der Waals surface area contributed by atoms with Crippen molar-refractivity contribution >= 4 is 34.0 Å². The smallest absolute Gasteiger partial charge is 0.257 e. The van der Waals surface area contributed by atoms with Gasteiger partial charge in [0.1, 0.15) is 0 Å². The highest BCUT2D eigenvalue weighted by Crippen LogP contribution is 2.38. The molecule has 7 heteroatoms. The third kappa shape index (κ3) is 4.03. The van der Waals surface area contributed by atoms with Crippen LogP contribution in [-0.4, -0.2) is 21.8 Å². The highest BCUT2D eigenvalue weighted by atomic mass is 32.1. The second-order valence-electron chi connectivity index (χ2n) is 6.62. The third-order valence-electron chi connectivity index (χ3n) is 4.52. The lowest BCUT2D eigenvalue weighted by molar-refractivity contribution is -0.117. The maximum absolute atomic E-state index is 12.5. The van der Waals surface area contributed by atoms with E-state index in [1.165, 1.54) is 11.3 Å². The number of aromatic nitrogens is 2. The van der Waals surface area contributed by atoms with Crippen LogP contribution >= 0.6 is 11.3 Å². The highest BCUT2D eigenvalue weighted by Gasteiger charge is 2.39. The van der Waals surface area contributed by atoms with E-state index in [2.05, 4.69) is 27.5 Å². The summed E-state index contributed by atoms with van der Waals surface area (Å²) in [5.41, 5.74) is 2.76. The molecule has 136 valence electrons. The van der Waals surface area contributed by atoms with Gasteiger partial charge >= 0.3 is 0 Å². The van der Waals surface area contributed by atoms with E-state index < -0.39 is 0 Å². The minimum absolute atomic E-state index is 0.0149. The number of amides is 2. The number of hydrogen-bond donors (Lipinski definition) is 2. The number of carbonyl (C=O) groups is 2. The minimum atomic E-state index is -0.266. The van der Waals surface area contributed by atoms with Gasteiger partial charge in [-0.1, -0.05) is 13.0 Å². The number of hydrogen-bond acceptors (Lipinski definition) is 5. The van der Waals surface area contributed by atoms with Crippen LogP contribution in [0, 0.1) is 11.8 Å². The van der Waals surface area contributed by atoms with Crippen LogP contribution in [0.15, 0.2) is 54.2 Å². The molecule has 27 heavy (non-hydrogen) atoms. The zero-order valence-electron chi connectivity index (χ0n) is 14.7. The number of benzene rings is 1. The Balaban J connectivity index is 1.43. The SMILES string of the molecule is C[C@H]1C[C@H]1C(=O)Nc1cccc(C(=O)Nc2nc(-c3cccnc3)cs2)c1. The van der Waals surface area contributed by atoms with Crippen LogP contribution in [0.1, 0.15) is 23.7 Å². The van der Waals surface area contributed by atoms with Crippen molar-refractivity contribution in [2.75, 3.05) is 10.6 Å². The van der Waals surface area contributed by atoms with Gasteiger partial charge in [0.2, 0.25) is 5.91 Å². The monoisotopic (exact) mass is 378 g/mol. The molecule has 2 atom stereocenters. The fourth-order valence-corrected chi connectivity index (χ4v) is 3.52. The first-order valence-corrected chi connectivity index (χ1v) is 9.56. The number of anilines is 2. The maximum Gasteiger partial charge on any atom is 0.257 e. The molecule has 0 spiro atoms. The molecule has 0 bridgehead atoms. The van der Waals surface area contributed by atoms with Crippen molar-refractivity contribution in [3.8, 4) is 11.3 Å². The standard InChI is InChI=1S/C20H18N4O2S/c1-12-8-16(12)19(26)22-15-6-2-4-13(9-15)18(25)24-20-23-17(11-27-20)14-5-3-7-21-10-14/h2-7,9-12,16H,8H2,1H3,(H,22,26)(H,23,24,25)/t12-,16+/m0/s1. The molecule has 4 rings (SSSR count). The summed E-state index contributed by atoms with van der Waals surface area (Å²) >= 11 is 1.35. The fraction of sp³-hybridized carbons (Fsp3) is 0.200. The number of rotatable bonds is 5. The Morgan fingerprint density at radius 3 is 2.78 bits per heavy atom. The molecule has 1 aliphatic rings. The summed E-state index contributed by atoms with van der Waals surface area (Å²) in [5, 5.41) is 8.08. The highest BCUT2D eigenvalue weighted by molar-refractivity contribution is 7.14. The summed E-state index contributed by atoms with van der Waals surface area (Å²) in [7, 11) is 0. The Hall–Kier alpha value is -3.06. The van der Waals surface area contributed by atoms with Crippen LogP contribution in [0.2, 0.25) is 0 Å². The maximum atomic E-state index is 12.5. The van der Waals surface area contributed by atoms with E-state index in [-0.39, 0.29) is 17.7 Å². The van der Waals surface area contributed by atoms with Crippen molar-refractivity contribution in [3.05, 3.63) is 59.7 Å². The van der Waals surface area contributed by atoms with Gasteiger partial charge in [-0.15, -0.1) is 11.3 Å². The molecule has 6 nitrogen and oxygen atoms in total. The molecule has 0 radical (unpaired) electrons. The van der Waals surface area contributed by atoms with Crippen molar-refractivity contribution in [2.24, 2.45) is 11.8 Å². The molecule has 0 aliphatic heterocycles. The average Bonchev–Trinajstić information content (AvgIpc) is 3.24. The summed E-state index contributed by atoms with van der Waals surface area (Å²) < 4.78 is 0. The molecule has 2 aromatic heterocycles. The van der Waals surface area contributed by atoms with Gasteiger partial charge < -0.3 is 5.32 Å². The predicted molar refractivity (Wildman–Crippen MR) is 106 cm³/mol. The Morgan fingerprint density at radius 1 is 1.19 bits per heavy atom. The molecular formula is C20H18N4O2S. The summed E-state index contributed by atoms with van der Waals surface area (Å²) in [6.45, 7) is 2.06. The Bertz CT molecular complexity index is 986. The minimum Gasteiger partial charge on any atom is -0.326 e. The molecule has 1 saturated carbocycles. The fourth-order valence-electron chi connectivity index (χ4n) is 2.81. The van der Waals surface area contributed by atoms with Crippen molar-refractivity contribution in [1.29, 1.82) is 0 Å². The normalized spacial score (nSPS) is 18.0. The molecule has 1 aliphatic carbocycles. The zero-order chi connectivity index (χ0) is 18.8. The summed E-state index contributed by atoms with van der Waals surface area (Å²) in [4.78, 5) is 33.1.